The van der Waals surface area contributed by atoms with Crippen LogP contribution >= 0.6 is 0 Å². The van der Waals surface area contributed by atoms with E-state index in [9.17, 15) is 0 Å². The summed E-state index contributed by atoms with van der Waals surface area (Å²) in [5.41, 5.74) is 1.35. The zero-order valence-corrected chi connectivity index (χ0v) is 17.0. The topological polar surface area (TPSA) is 9.23 Å². The Bertz CT molecular complexity index is 373. The Balaban J connectivity index is 2.01. The normalized spacial score (nSPS) is 12.4. The minimum Gasteiger partial charge on any atom is -0.374 e. The Morgan fingerprint density at radius 1 is 0.640 bits per heavy atom. The van der Waals surface area contributed by atoms with Gasteiger partial charge in [-0.2, -0.15) is 0 Å². The van der Waals surface area contributed by atoms with Gasteiger partial charge < -0.3 is 4.74 Å². The number of hydrogen-bond acceptors (Lipinski definition) is 1. The van der Waals surface area contributed by atoms with Crippen LogP contribution in [-0.2, 0) is 4.74 Å². The van der Waals surface area contributed by atoms with Crippen LogP contribution in [0, 0.1) is 0 Å². The molecule has 0 aromatic heterocycles. The lowest BCUT2D eigenvalue weighted by Gasteiger charge is -2.18. The lowest BCUT2D eigenvalue weighted by molar-refractivity contribution is 0.0451. The van der Waals surface area contributed by atoms with Crippen molar-refractivity contribution in [3.63, 3.8) is 0 Å². The zero-order chi connectivity index (χ0) is 18.0. The van der Waals surface area contributed by atoms with Gasteiger partial charge in [-0.05, 0) is 18.4 Å². The van der Waals surface area contributed by atoms with Crippen molar-refractivity contribution in [3.8, 4) is 0 Å². The molecule has 1 nitrogen and oxygen atoms in total. The van der Waals surface area contributed by atoms with Gasteiger partial charge in [0.05, 0.1) is 6.10 Å². The Labute approximate surface area is 157 Å². The van der Waals surface area contributed by atoms with Gasteiger partial charge in [0.2, 0.25) is 0 Å². The molecule has 0 fully saturated rings. The molecule has 0 spiro atoms. The largest absolute Gasteiger partial charge is 0.374 e. The summed E-state index contributed by atoms with van der Waals surface area (Å²) >= 11 is 0. The van der Waals surface area contributed by atoms with Gasteiger partial charge in [0, 0.05) is 6.61 Å². The van der Waals surface area contributed by atoms with Crippen molar-refractivity contribution in [2.75, 3.05) is 6.61 Å². The molecule has 0 amide bonds. The second-order valence-electron chi connectivity index (χ2n) is 7.45. The molecule has 0 radical (unpaired) electrons. The Morgan fingerprint density at radius 3 is 1.68 bits per heavy atom. The fraction of sp³-hybridized carbons (Fsp3) is 0.750. The van der Waals surface area contributed by atoms with E-state index in [0.29, 0.717) is 6.10 Å². The molecule has 1 atom stereocenters. The van der Waals surface area contributed by atoms with Gasteiger partial charge in [-0.3, -0.25) is 0 Å². The first kappa shape index (κ1) is 22.2. The maximum Gasteiger partial charge on any atom is 0.0824 e. The predicted octanol–water partition coefficient (Wildman–Crippen LogP) is 8.25. The van der Waals surface area contributed by atoms with E-state index >= 15 is 0 Å². The molecule has 25 heavy (non-hydrogen) atoms. The second-order valence-corrected chi connectivity index (χ2v) is 7.45. The van der Waals surface area contributed by atoms with E-state index in [-0.39, 0.29) is 0 Å². The van der Waals surface area contributed by atoms with Gasteiger partial charge in [-0.25, -0.2) is 0 Å². The van der Waals surface area contributed by atoms with Crippen LogP contribution in [0.1, 0.15) is 115 Å². The fourth-order valence-electron chi connectivity index (χ4n) is 3.44. The van der Waals surface area contributed by atoms with E-state index in [2.05, 4.69) is 44.2 Å². The summed E-state index contributed by atoms with van der Waals surface area (Å²) in [4.78, 5) is 0. The minimum absolute atomic E-state index is 0.296. The SMILES string of the molecule is CCCCCCCCCCCCCCC(OCCC)c1ccccc1. The lowest BCUT2D eigenvalue weighted by atomic mass is 10.0. The lowest BCUT2D eigenvalue weighted by Crippen LogP contribution is -2.05. The molecule has 1 aromatic rings. The van der Waals surface area contributed by atoms with Gasteiger partial charge in [-0.15, -0.1) is 0 Å². The average molecular weight is 347 g/mol. The van der Waals surface area contributed by atoms with Crippen LogP contribution in [-0.4, -0.2) is 6.61 Å². The second kappa shape index (κ2) is 16.6. The van der Waals surface area contributed by atoms with E-state index in [4.69, 9.17) is 4.74 Å². The molecule has 0 saturated carbocycles. The van der Waals surface area contributed by atoms with Crippen molar-refractivity contribution in [1.29, 1.82) is 0 Å². The summed E-state index contributed by atoms with van der Waals surface area (Å²) in [6, 6.07) is 10.8. The summed E-state index contributed by atoms with van der Waals surface area (Å²) in [6.45, 7) is 5.35. The van der Waals surface area contributed by atoms with Crippen molar-refractivity contribution in [2.45, 2.75) is 110 Å². The number of hydrogen-bond donors (Lipinski definition) is 0. The van der Waals surface area contributed by atoms with E-state index < -0.39 is 0 Å². The van der Waals surface area contributed by atoms with Crippen LogP contribution in [0.5, 0.6) is 0 Å². The van der Waals surface area contributed by atoms with Gasteiger partial charge in [0.1, 0.15) is 0 Å². The van der Waals surface area contributed by atoms with Crippen molar-refractivity contribution < 1.29 is 4.74 Å². The van der Waals surface area contributed by atoms with Gasteiger partial charge in [0.25, 0.3) is 0 Å². The minimum atomic E-state index is 0.296. The van der Waals surface area contributed by atoms with Gasteiger partial charge in [0.15, 0.2) is 0 Å². The van der Waals surface area contributed by atoms with Crippen molar-refractivity contribution in [1.82, 2.24) is 0 Å². The smallest absolute Gasteiger partial charge is 0.0824 e. The number of benzene rings is 1. The molecule has 0 bridgehead atoms. The highest BCUT2D eigenvalue weighted by Crippen LogP contribution is 2.24. The number of unbranched alkanes of at least 4 members (excludes halogenated alkanes) is 11. The zero-order valence-electron chi connectivity index (χ0n) is 17.0. The van der Waals surface area contributed by atoms with Crippen molar-refractivity contribution in [2.24, 2.45) is 0 Å². The molecule has 144 valence electrons. The quantitative estimate of drug-likeness (QED) is 0.258. The maximum absolute atomic E-state index is 6.08. The number of rotatable bonds is 17. The first-order valence-electron chi connectivity index (χ1n) is 11.0. The molecule has 1 aromatic carbocycles. The van der Waals surface area contributed by atoms with Crippen molar-refractivity contribution >= 4 is 0 Å². The Hall–Kier alpha value is -0.820. The summed E-state index contributed by atoms with van der Waals surface area (Å²) in [7, 11) is 0. The molecular weight excluding hydrogens is 304 g/mol. The maximum atomic E-state index is 6.08. The highest BCUT2D eigenvalue weighted by Gasteiger charge is 2.10. The highest BCUT2D eigenvalue weighted by molar-refractivity contribution is 5.17. The standard InChI is InChI=1S/C24H42O/c1-3-5-6-7-8-9-10-11-12-13-14-18-21-24(25-22-4-2)23-19-16-15-17-20-23/h15-17,19-20,24H,3-14,18,21-22H2,1-2H3. The van der Waals surface area contributed by atoms with Crippen LogP contribution in [0.4, 0.5) is 0 Å². The molecule has 0 aliphatic carbocycles. The Morgan fingerprint density at radius 2 is 1.16 bits per heavy atom. The fourth-order valence-corrected chi connectivity index (χ4v) is 3.44. The van der Waals surface area contributed by atoms with Crippen LogP contribution in [0.25, 0.3) is 0 Å². The first-order valence-corrected chi connectivity index (χ1v) is 11.0. The van der Waals surface area contributed by atoms with Crippen LogP contribution in [0.15, 0.2) is 30.3 Å². The molecule has 0 heterocycles. The summed E-state index contributed by atoms with van der Waals surface area (Å²) < 4.78 is 6.08. The Kier molecular flexibility index (Phi) is 14.8. The highest BCUT2D eigenvalue weighted by atomic mass is 16.5. The van der Waals surface area contributed by atoms with Crippen LogP contribution in [0.3, 0.4) is 0 Å². The van der Waals surface area contributed by atoms with Gasteiger partial charge in [-0.1, -0.05) is 121 Å². The predicted molar refractivity (Wildman–Crippen MR) is 111 cm³/mol. The molecule has 1 heteroatoms. The van der Waals surface area contributed by atoms with E-state index in [1.807, 2.05) is 0 Å². The average Bonchev–Trinajstić information content (AvgIpc) is 2.65. The molecule has 0 aliphatic rings. The van der Waals surface area contributed by atoms with E-state index in [1.165, 1.54) is 89.0 Å². The third kappa shape index (κ3) is 12.2. The molecule has 0 N–H and O–H groups in total. The third-order valence-electron chi connectivity index (χ3n) is 5.01. The molecule has 1 rings (SSSR count). The summed E-state index contributed by atoms with van der Waals surface area (Å²) in [5, 5.41) is 0. The molecule has 0 saturated heterocycles. The van der Waals surface area contributed by atoms with Crippen LogP contribution in [0.2, 0.25) is 0 Å². The summed E-state index contributed by atoms with van der Waals surface area (Å²) in [5.74, 6) is 0. The third-order valence-corrected chi connectivity index (χ3v) is 5.01. The molecular formula is C24H42O. The first-order chi connectivity index (χ1) is 12.4. The molecule has 1 unspecified atom stereocenters. The summed E-state index contributed by atoms with van der Waals surface area (Å²) in [6.07, 6.45) is 19.5. The monoisotopic (exact) mass is 346 g/mol. The van der Waals surface area contributed by atoms with Crippen molar-refractivity contribution in [3.05, 3.63) is 35.9 Å². The molecule has 0 aliphatic heterocycles. The van der Waals surface area contributed by atoms with Gasteiger partial charge >= 0.3 is 0 Å². The number of ether oxygens (including phenoxy) is 1. The van der Waals surface area contributed by atoms with E-state index in [1.54, 1.807) is 0 Å². The van der Waals surface area contributed by atoms with E-state index in [0.717, 1.165) is 13.0 Å². The van der Waals surface area contributed by atoms with Crippen LogP contribution < -0.4 is 0 Å².